The van der Waals surface area contributed by atoms with Crippen molar-refractivity contribution >= 4 is 34.9 Å². The van der Waals surface area contributed by atoms with Gasteiger partial charge in [0.2, 0.25) is 5.91 Å². The fourth-order valence-corrected chi connectivity index (χ4v) is 2.26. The molecule has 0 saturated carbocycles. The summed E-state index contributed by atoms with van der Waals surface area (Å²) in [6, 6.07) is 11.7. The molecule has 2 N–H and O–H groups in total. The Morgan fingerprint density at radius 3 is 2.54 bits per heavy atom. The second-order valence-corrected chi connectivity index (χ2v) is 5.23. The van der Waals surface area contributed by atoms with Gasteiger partial charge < -0.3 is 20.1 Å². The van der Waals surface area contributed by atoms with Gasteiger partial charge in [-0.1, -0.05) is 17.7 Å². The molecule has 0 aliphatic carbocycles. The first kappa shape index (κ1) is 17.6. The fourth-order valence-electron chi connectivity index (χ4n) is 2.01. The molecule has 0 aromatic heterocycles. The molecule has 1 amide bonds. The van der Waals surface area contributed by atoms with Gasteiger partial charge in [0.15, 0.2) is 0 Å². The molecular formula is C17H17ClN2O4. The van der Waals surface area contributed by atoms with Gasteiger partial charge in [0, 0.05) is 11.4 Å². The van der Waals surface area contributed by atoms with Gasteiger partial charge in [0.05, 0.1) is 31.4 Å². The molecule has 2 aromatic rings. The van der Waals surface area contributed by atoms with Crippen molar-refractivity contribution in [3.05, 3.63) is 53.1 Å². The van der Waals surface area contributed by atoms with Gasteiger partial charge in [0.1, 0.15) is 5.75 Å². The second kappa shape index (κ2) is 8.21. The summed E-state index contributed by atoms with van der Waals surface area (Å²) in [5, 5.41) is 6.07. The number of halogens is 1. The minimum Gasteiger partial charge on any atom is -0.495 e. The SMILES string of the molecule is COC(=O)c1cccc(NCC(=O)Nc2ccc(OC)c(Cl)c2)c1. The van der Waals surface area contributed by atoms with Crippen LogP contribution in [0.3, 0.4) is 0 Å². The fraction of sp³-hybridized carbons (Fsp3) is 0.176. The van der Waals surface area contributed by atoms with E-state index >= 15 is 0 Å². The molecule has 126 valence electrons. The van der Waals surface area contributed by atoms with Gasteiger partial charge >= 0.3 is 5.97 Å². The van der Waals surface area contributed by atoms with E-state index in [0.29, 0.717) is 27.7 Å². The second-order valence-electron chi connectivity index (χ2n) is 4.82. The maximum absolute atomic E-state index is 12.0. The van der Waals surface area contributed by atoms with E-state index in [4.69, 9.17) is 16.3 Å². The molecule has 2 aromatic carbocycles. The first-order chi connectivity index (χ1) is 11.5. The van der Waals surface area contributed by atoms with Crippen molar-refractivity contribution in [1.82, 2.24) is 0 Å². The summed E-state index contributed by atoms with van der Waals surface area (Å²) in [6.45, 7) is 0.0360. The Balaban J connectivity index is 1.94. The van der Waals surface area contributed by atoms with Crippen molar-refractivity contribution in [3.63, 3.8) is 0 Å². The zero-order valence-corrected chi connectivity index (χ0v) is 14.0. The van der Waals surface area contributed by atoms with Crippen LogP contribution in [-0.2, 0) is 9.53 Å². The van der Waals surface area contributed by atoms with Crippen LogP contribution in [0.2, 0.25) is 5.02 Å². The van der Waals surface area contributed by atoms with Gasteiger partial charge in [-0.05, 0) is 36.4 Å². The number of esters is 1. The zero-order chi connectivity index (χ0) is 17.5. The van der Waals surface area contributed by atoms with E-state index in [1.54, 1.807) is 42.5 Å². The van der Waals surface area contributed by atoms with Gasteiger partial charge in [-0.2, -0.15) is 0 Å². The van der Waals surface area contributed by atoms with E-state index in [1.165, 1.54) is 14.2 Å². The molecule has 0 spiro atoms. The Bertz CT molecular complexity index is 749. The monoisotopic (exact) mass is 348 g/mol. The predicted molar refractivity (Wildman–Crippen MR) is 92.9 cm³/mol. The third kappa shape index (κ3) is 4.63. The van der Waals surface area contributed by atoms with Crippen molar-refractivity contribution in [2.24, 2.45) is 0 Å². The lowest BCUT2D eigenvalue weighted by Crippen LogP contribution is -2.21. The molecule has 0 aliphatic rings. The molecule has 0 radical (unpaired) electrons. The van der Waals surface area contributed by atoms with E-state index in [2.05, 4.69) is 15.4 Å². The van der Waals surface area contributed by atoms with Crippen LogP contribution in [0.1, 0.15) is 10.4 Å². The van der Waals surface area contributed by atoms with E-state index in [-0.39, 0.29) is 12.5 Å². The highest BCUT2D eigenvalue weighted by atomic mass is 35.5. The highest BCUT2D eigenvalue weighted by Gasteiger charge is 2.08. The number of methoxy groups -OCH3 is 2. The lowest BCUT2D eigenvalue weighted by molar-refractivity contribution is -0.114. The lowest BCUT2D eigenvalue weighted by Gasteiger charge is -2.10. The number of amides is 1. The Kier molecular flexibility index (Phi) is 6.03. The lowest BCUT2D eigenvalue weighted by atomic mass is 10.2. The Labute approximate surface area is 144 Å². The van der Waals surface area contributed by atoms with Crippen molar-refractivity contribution < 1.29 is 19.1 Å². The van der Waals surface area contributed by atoms with Crippen LogP contribution < -0.4 is 15.4 Å². The van der Waals surface area contributed by atoms with Crippen LogP contribution in [0.25, 0.3) is 0 Å². The predicted octanol–water partition coefficient (Wildman–Crippen LogP) is 3.19. The molecule has 0 atom stereocenters. The number of carbonyl (C=O) groups excluding carboxylic acids is 2. The number of rotatable bonds is 6. The third-order valence-corrected chi connectivity index (χ3v) is 3.47. The van der Waals surface area contributed by atoms with E-state index in [1.807, 2.05) is 0 Å². The average molecular weight is 349 g/mol. The van der Waals surface area contributed by atoms with Crippen LogP contribution in [0, 0.1) is 0 Å². The van der Waals surface area contributed by atoms with E-state index < -0.39 is 5.97 Å². The number of carbonyl (C=O) groups is 2. The Morgan fingerprint density at radius 1 is 1.08 bits per heavy atom. The smallest absolute Gasteiger partial charge is 0.337 e. The Hall–Kier alpha value is -2.73. The summed E-state index contributed by atoms with van der Waals surface area (Å²) in [6.07, 6.45) is 0. The standard InChI is InChI=1S/C17H17ClN2O4/c1-23-15-7-6-13(9-14(15)18)20-16(21)10-19-12-5-3-4-11(8-12)17(22)24-2/h3-9,19H,10H2,1-2H3,(H,20,21). The normalized spacial score (nSPS) is 9.96. The third-order valence-electron chi connectivity index (χ3n) is 3.17. The van der Waals surface area contributed by atoms with Crippen LogP contribution in [-0.4, -0.2) is 32.6 Å². The molecule has 6 nitrogen and oxygen atoms in total. The first-order valence-electron chi connectivity index (χ1n) is 7.09. The molecule has 0 unspecified atom stereocenters. The molecule has 24 heavy (non-hydrogen) atoms. The number of ether oxygens (including phenoxy) is 2. The van der Waals surface area contributed by atoms with Crippen LogP contribution in [0.15, 0.2) is 42.5 Å². The molecule has 0 saturated heterocycles. The molecule has 0 fully saturated rings. The highest BCUT2D eigenvalue weighted by molar-refractivity contribution is 6.32. The zero-order valence-electron chi connectivity index (χ0n) is 13.3. The molecule has 0 aliphatic heterocycles. The van der Waals surface area contributed by atoms with Gasteiger partial charge in [-0.15, -0.1) is 0 Å². The minimum atomic E-state index is -0.434. The number of anilines is 2. The number of nitrogens with one attached hydrogen (secondary N) is 2. The minimum absolute atomic E-state index is 0.0360. The van der Waals surface area contributed by atoms with Gasteiger partial charge in [-0.25, -0.2) is 4.79 Å². The maximum atomic E-state index is 12.0. The van der Waals surface area contributed by atoms with Crippen LogP contribution >= 0.6 is 11.6 Å². The van der Waals surface area contributed by atoms with Crippen LogP contribution in [0.5, 0.6) is 5.75 Å². The van der Waals surface area contributed by atoms with Crippen molar-refractivity contribution in [2.75, 3.05) is 31.4 Å². The van der Waals surface area contributed by atoms with Crippen molar-refractivity contribution in [3.8, 4) is 5.75 Å². The largest absolute Gasteiger partial charge is 0.495 e. The topological polar surface area (TPSA) is 76.7 Å². The average Bonchev–Trinajstić information content (AvgIpc) is 2.59. The van der Waals surface area contributed by atoms with Crippen LogP contribution in [0.4, 0.5) is 11.4 Å². The highest BCUT2D eigenvalue weighted by Crippen LogP contribution is 2.27. The molecule has 2 rings (SSSR count). The van der Waals surface area contributed by atoms with Crippen molar-refractivity contribution in [1.29, 1.82) is 0 Å². The summed E-state index contributed by atoms with van der Waals surface area (Å²) in [4.78, 5) is 23.5. The van der Waals surface area contributed by atoms with Crippen molar-refractivity contribution in [2.45, 2.75) is 0 Å². The molecule has 7 heteroatoms. The summed E-state index contributed by atoms with van der Waals surface area (Å²) in [5.41, 5.74) is 1.61. The summed E-state index contributed by atoms with van der Waals surface area (Å²) in [7, 11) is 2.84. The van der Waals surface area contributed by atoms with E-state index in [0.717, 1.165) is 0 Å². The molecule has 0 bridgehead atoms. The number of benzene rings is 2. The number of hydrogen-bond donors (Lipinski definition) is 2. The van der Waals surface area contributed by atoms with Gasteiger partial charge in [-0.3, -0.25) is 4.79 Å². The Morgan fingerprint density at radius 2 is 1.88 bits per heavy atom. The summed E-state index contributed by atoms with van der Waals surface area (Å²) < 4.78 is 9.71. The van der Waals surface area contributed by atoms with Gasteiger partial charge in [0.25, 0.3) is 0 Å². The number of hydrogen-bond acceptors (Lipinski definition) is 5. The molecular weight excluding hydrogens is 332 g/mol. The van der Waals surface area contributed by atoms with E-state index in [9.17, 15) is 9.59 Å². The quantitative estimate of drug-likeness (QED) is 0.784. The summed E-state index contributed by atoms with van der Waals surface area (Å²) in [5.74, 6) is -0.150. The molecule has 0 heterocycles. The summed E-state index contributed by atoms with van der Waals surface area (Å²) >= 11 is 6.01. The first-order valence-corrected chi connectivity index (χ1v) is 7.47. The maximum Gasteiger partial charge on any atom is 0.337 e.